The van der Waals surface area contributed by atoms with Gasteiger partial charge in [-0.3, -0.25) is 4.79 Å². The third-order valence-corrected chi connectivity index (χ3v) is 3.73. The van der Waals surface area contributed by atoms with E-state index in [9.17, 15) is 4.79 Å². The minimum atomic E-state index is -0.371. The van der Waals surface area contributed by atoms with Crippen LogP contribution in [-0.2, 0) is 0 Å². The summed E-state index contributed by atoms with van der Waals surface area (Å²) in [5.74, 6) is 1.94. The number of benzene rings is 2. The molecule has 0 spiro atoms. The lowest BCUT2D eigenvalue weighted by molar-refractivity contribution is 0.0957. The van der Waals surface area contributed by atoms with Crippen LogP contribution in [0.1, 0.15) is 57.5 Å². The lowest BCUT2D eigenvalue weighted by Gasteiger charge is -2.27. The predicted octanol–water partition coefficient (Wildman–Crippen LogP) is 6.50. The number of ether oxygens (including phenoxy) is 3. The summed E-state index contributed by atoms with van der Waals surface area (Å²) < 4.78 is 17.6. The molecule has 0 unspecified atom stereocenters. The maximum absolute atomic E-state index is 12.5. The zero-order valence-corrected chi connectivity index (χ0v) is 18.8. The van der Waals surface area contributed by atoms with E-state index in [1.54, 1.807) is 42.5 Å². The van der Waals surface area contributed by atoms with Gasteiger partial charge in [0.05, 0.1) is 0 Å². The molecule has 2 rings (SSSR count). The summed E-state index contributed by atoms with van der Waals surface area (Å²) in [4.78, 5) is 12.5. The van der Waals surface area contributed by atoms with Crippen molar-refractivity contribution in [3.05, 3.63) is 72.3 Å². The Hall–Kier alpha value is -3.01. The summed E-state index contributed by atoms with van der Waals surface area (Å²) in [7, 11) is 0. The molecule has 0 amide bonds. The maximum atomic E-state index is 12.5. The first-order valence-corrected chi connectivity index (χ1v) is 10.1. The number of carbonyl (C=O) groups excluding carboxylic acids is 1. The Bertz CT molecular complexity index is 894. The van der Waals surface area contributed by atoms with Gasteiger partial charge < -0.3 is 14.2 Å². The fraction of sp³-hybridized carbons (Fsp3) is 0.346. The Labute approximate surface area is 180 Å². The first-order chi connectivity index (χ1) is 14.0. The van der Waals surface area contributed by atoms with E-state index in [-0.39, 0.29) is 17.0 Å². The third kappa shape index (κ3) is 7.78. The monoisotopic (exact) mass is 408 g/mol. The number of allylic oxidation sites excluding steroid dienone is 1. The summed E-state index contributed by atoms with van der Waals surface area (Å²) in [5, 5.41) is 0. The first kappa shape index (κ1) is 23.3. The Morgan fingerprint density at radius 3 is 2.07 bits per heavy atom. The highest BCUT2D eigenvalue weighted by atomic mass is 16.5. The normalized spacial score (nSPS) is 11.9. The maximum Gasteiger partial charge on any atom is 0.185 e. The molecule has 0 fully saturated rings. The smallest absolute Gasteiger partial charge is 0.185 e. The van der Waals surface area contributed by atoms with Gasteiger partial charge in [-0.05, 0) is 89.6 Å². The van der Waals surface area contributed by atoms with Crippen LogP contribution in [0.5, 0.6) is 17.2 Å². The molecule has 4 nitrogen and oxygen atoms in total. The number of hydrogen-bond acceptors (Lipinski definition) is 4. The molecule has 160 valence electrons. The molecule has 4 heteroatoms. The lowest BCUT2D eigenvalue weighted by Crippen LogP contribution is -2.26. The molecule has 2 aromatic rings. The topological polar surface area (TPSA) is 44.8 Å². The quantitative estimate of drug-likeness (QED) is 0.284. The van der Waals surface area contributed by atoms with Crippen molar-refractivity contribution in [1.29, 1.82) is 0 Å². The predicted molar refractivity (Wildman–Crippen MR) is 123 cm³/mol. The van der Waals surface area contributed by atoms with Crippen LogP contribution in [0.3, 0.4) is 0 Å². The van der Waals surface area contributed by atoms with Gasteiger partial charge in [-0.1, -0.05) is 24.8 Å². The van der Waals surface area contributed by atoms with Crippen LogP contribution in [-0.4, -0.2) is 23.6 Å². The summed E-state index contributed by atoms with van der Waals surface area (Å²) in [6, 6.07) is 12.7. The minimum Gasteiger partial charge on any atom is -0.490 e. The second-order valence-corrected chi connectivity index (χ2v) is 8.96. The summed E-state index contributed by atoms with van der Waals surface area (Å²) >= 11 is 0. The van der Waals surface area contributed by atoms with E-state index in [1.165, 1.54) is 0 Å². The SMILES string of the molecule is C=CCOc1ccc(C(=O)C=Cc2ccc(OC(C)(C)C)c(OC(C)(C)C)c2)cc1. The Morgan fingerprint density at radius 2 is 1.50 bits per heavy atom. The van der Waals surface area contributed by atoms with Crippen LogP contribution in [0.25, 0.3) is 6.08 Å². The average Bonchev–Trinajstić information content (AvgIpc) is 2.64. The van der Waals surface area contributed by atoms with Crippen molar-refractivity contribution in [2.24, 2.45) is 0 Å². The molecule has 0 radical (unpaired) electrons. The molecule has 0 heterocycles. The molecule has 0 aromatic heterocycles. The average molecular weight is 409 g/mol. The molecule has 0 aliphatic carbocycles. The molecular formula is C26H32O4. The highest BCUT2D eigenvalue weighted by Gasteiger charge is 2.19. The molecular weight excluding hydrogens is 376 g/mol. The Kier molecular flexibility index (Phi) is 7.49. The van der Waals surface area contributed by atoms with Crippen molar-refractivity contribution in [1.82, 2.24) is 0 Å². The van der Waals surface area contributed by atoms with E-state index in [0.717, 1.165) is 5.56 Å². The minimum absolute atomic E-state index is 0.0846. The van der Waals surface area contributed by atoms with Crippen molar-refractivity contribution in [3.63, 3.8) is 0 Å². The highest BCUT2D eigenvalue weighted by molar-refractivity contribution is 6.06. The second-order valence-electron chi connectivity index (χ2n) is 8.96. The van der Waals surface area contributed by atoms with Gasteiger partial charge >= 0.3 is 0 Å². The van der Waals surface area contributed by atoms with Crippen LogP contribution >= 0.6 is 0 Å². The number of rotatable bonds is 8. The molecule has 0 aliphatic heterocycles. The van der Waals surface area contributed by atoms with Gasteiger partial charge in [0, 0.05) is 5.56 Å². The van der Waals surface area contributed by atoms with Gasteiger partial charge in [0.15, 0.2) is 17.3 Å². The van der Waals surface area contributed by atoms with Crippen molar-refractivity contribution >= 4 is 11.9 Å². The molecule has 0 bridgehead atoms. The molecule has 0 atom stereocenters. The van der Waals surface area contributed by atoms with E-state index in [4.69, 9.17) is 14.2 Å². The molecule has 2 aromatic carbocycles. The van der Waals surface area contributed by atoms with Gasteiger partial charge in [0.2, 0.25) is 0 Å². The van der Waals surface area contributed by atoms with Gasteiger partial charge in [-0.15, -0.1) is 0 Å². The van der Waals surface area contributed by atoms with Crippen LogP contribution in [0.15, 0.2) is 61.2 Å². The fourth-order valence-corrected chi connectivity index (χ4v) is 2.59. The van der Waals surface area contributed by atoms with E-state index >= 15 is 0 Å². The van der Waals surface area contributed by atoms with E-state index in [1.807, 2.05) is 59.7 Å². The Morgan fingerprint density at radius 1 is 0.900 bits per heavy atom. The first-order valence-electron chi connectivity index (χ1n) is 10.1. The number of ketones is 1. The van der Waals surface area contributed by atoms with E-state index < -0.39 is 0 Å². The second kappa shape index (κ2) is 9.66. The summed E-state index contributed by atoms with van der Waals surface area (Å²) in [6.45, 7) is 16.0. The number of hydrogen-bond donors (Lipinski definition) is 0. The van der Waals surface area contributed by atoms with Crippen molar-refractivity contribution in [2.45, 2.75) is 52.7 Å². The van der Waals surface area contributed by atoms with Gasteiger partial charge in [0.25, 0.3) is 0 Å². The third-order valence-electron chi connectivity index (χ3n) is 3.73. The van der Waals surface area contributed by atoms with Crippen LogP contribution in [0.2, 0.25) is 0 Å². The van der Waals surface area contributed by atoms with Crippen LogP contribution in [0.4, 0.5) is 0 Å². The zero-order valence-electron chi connectivity index (χ0n) is 18.8. The van der Waals surface area contributed by atoms with E-state index in [0.29, 0.717) is 29.4 Å². The summed E-state index contributed by atoms with van der Waals surface area (Å²) in [6.07, 6.45) is 5.01. The molecule has 0 saturated carbocycles. The molecule has 30 heavy (non-hydrogen) atoms. The van der Waals surface area contributed by atoms with Gasteiger partial charge in [-0.2, -0.15) is 0 Å². The van der Waals surface area contributed by atoms with Crippen molar-refractivity contribution in [3.8, 4) is 17.2 Å². The molecule has 0 N–H and O–H groups in total. The van der Waals surface area contributed by atoms with Crippen LogP contribution < -0.4 is 14.2 Å². The highest BCUT2D eigenvalue weighted by Crippen LogP contribution is 2.34. The molecule has 0 aliphatic rings. The number of carbonyl (C=O) groups is 1. The van der Waals surface area contributed by atoms with Gasteiger partial charge in [-0.25, -0.2) is 0 Å². The van der Waals surface area contributed by atoms with Crippen LogP contribution in [0, 0.1) is 0 Å². The van der Waals surface area contributed by atoms with Gasteiger partial charge in [0.1, 0.15) is 23.6 Å². The molecule has 0 saturated heterocycles. The van der Waals surface area contributed by atoms with E-state index in [2.05, 4.69) is 6.58 Å². The zero-order chi connectivity index (χ0) is 22.4. The largest absolute Gasteiger partial charge is 0.490 e. The standard InChI is InChI=1S/C26H32O4/c1-8-17-28-21-13-11-20(12-14-21)22(27)15-9-19-10-16-23(29-25(2,3)4)24(18-19)30-26(5,6)7/h8-16,18H,1,17H2,2-7H3. The fourth-order valence-electron chi connectivity index (χ4n) is 2.59. The van der Waals surface area contributed by atoms with Crippen molar-refractivity contribution in [2.75, 3.05) is 6.61 Å². The van der Waals surface area contributed by atoms with Crippen molar-refractivity contribution < 1.29 is 19.0 Å². The summed E-state index contributed by atoms with van der Waals surface area (Å²) in [5.41, 5.74) is 0.736. The Balaban J connectivity index is 2.20. The lowest BCUT2D eigenvalue weighted by atomic mass is 10.1.